The summed E-state index contributed by atoms with van der Waals surface area (Å²) in [6.07, 6.45) is 4.34. The van der Waals surface area contributed by atoms with Crippen molar-refractivity contribution in [1.82, 2.24) is 9.47 Å². The van der Waals surface area contributed by atoms with Crippen LogP contribution in [-0.4, -0.2) is 21.9 Å². The Bertz CT molecular complexity index is 1060. The number of benzene rings is 2. The molecule has 4 nitrogen and oxygen atoms in total. The highest BCUT2D eigenvalue weighted by molar-refractivity contribution is 5.97. The fourth-order valence-electron chi connectivity index (χ4n) is 3.95. The third-order valence-corrected chi connectivity index (χ3v) is 5.34. The average Bonchev–Trinajstić information content (AvgIpc) is 2.71. The number of nitrogens with zero attached hydrogens (tertiary/aromatic N) is 2. The SMILES string of the molecule is Cn1cc(C(=O)N2CCCCC2c2ccc(F)cc2)c(=O)c2ccccc21. The lowest BCUT2D eigenvalue weighted by Gasteiger charge is -2.36. The first-order valence-corrected chi connectivity index (χ1v) is 9.21. The molecule has 1 fully saturated rings. The molecule has 1 aliphatic rings. The number of hydrogen-bond donors (Lipinski definition) is 0. The molecular weight excluding hydrogens is 343 g/mol. The van der Waals surface area contributed by atoms with Crippen molar-refractivity contribution in [3.63, 3.8) is 0 Å². The Morgan fingerprint density at radius 2 is 1.81 bits per heavy atom. The van der Waals surface area contributed by atoms with Crippen LogP contribution in [0.25, 0.3) is 10.9 Å². The van der Waals surface area contributed by atoms with E-state index in [0.717, 1.165) is 30.3 Å². The molecule has 0 radical (unpaired) electrons. The highest BCUT2D eigenvalue weighted by Crippen LogP contribution is 2.32. The maximum absolute atomic E-state index is 13.3. The second-order valence-corrected chi connectivity index (χ2v) is 7.06. The summed E-state index contributed by atoms with van der Waals surface area (Å²) in [6, 6.07) is 13.5. The lowest BCUT2D eigenvalue weighted by atomic mass is 9.94. The molecule has 0 saturated carbocycles. The molecule has 1 atom stereocenters. The van der Waals surface area contributed by atoms with Crippen molar-refractivity contribution in [2.45, 2.75) is 25.3 Å². The van der Waals surface area contributed by atoms with Gasteiger partial charge in [-0.05, 0) is 49.1 Å². The summed E-state index contributed by atoms with van der Waals surface area (Å²) in [5.74, 6) is -0.550. The van der Waals surface area contributed by atoms with Crippen LogP contribution in [0.15, 0.2) is 59.5 Å². The van der Waals surface area contributed by atoms with E-state index in [0.29, 0.717) is 11.9 Å². The van der Waals surface area contributed by atoms with Crippen molar-refractivity contribution in [2.75, 3.05) is 6.54 Å². The van der Waals surface area contributed by atoms with Crippen LogP contribution in [0.1, 0.15) is 41.2 Å². The minimum absolute atomic E-state index is 0.136. The van der Waals surface area contributed by atoms with E-state index < -0.39 is 0 Å². The van der Waals surface area contributed by atoms with Gasteiger partial charge >= 0.3 is 0 Å². The van der Waals surface area contributed by atoms with Crippen molar-refractivity contribution in [2.24, 2.45) is 7.05 Å². The van der Waals surface area contributed by atoms with Crippen molar-refractivity contribution in [3.05, 3.63) is 81.9 Å². The molecule has 138 valence electrons. The molecule has 0 N–H and O–H groups in total. The quantitative estimate of drug-likeness (QED) is 0.689. The van der Waals surface area contributed by atoms with Crippen LogP contribution in [0.4, 0.5) is 4.39 Å². The van der Waals surface area contributed by atoms with E-state index in [1.165, 1.54) is 12.1 Å². The van der Waals surface area contributed by atoms with Gasteiger partial charge in [-0.15, -0.1) is 0 Å². The largest absolute Gasteiger partial charge is 0.350 e. The van der Waals surface area contributed by atoms with Crippen molar-refractivity contribution in [3.8, 4) is 0 Å². The third kappa shape index (κ3) is 3.14. The number of rotatable bonds is 2. The topological polar surface area (TPSA) is 42.3 Å². The number of carbonyl (C=O) groups excluding carboxylic acids is 1. The second-order valence-electron chi connectivity index (χ2n) is 7.06. The number of pyridine rings is 1. The number of amides is 1. The number of hydrogen-bond acceptors (Lipinski definition) is 2. The number of carbonyl (C=O) groups is 1. The van der Waals surface area contributed by atoms with Gasteiger partial charge in [-0.1, -0.05) is 24.3 Å². The van der Waals surface area contributed by atoms with Crippen molar-refractivity contribution in [1.29, 1.82) is 0 Å². The normalized spacial score (nSPS) is 17.3. The lowest BCUT2D eigenvalue weighted by Crippen LogP contribution is -2.40. The molecule has 0 spiro atoms. The van der Waals surface area contributed by atoms with Crippen molar-refractivity contribution < 1.29 is 9.18 Å². The van der Waals surface area contributed by atoms with Gasteiger partial charge in [0, 0.05) is 25.2 Å². The standard InChI is InChI=1S/C22H21FN2O2/c1-24-14-18(21(26)17-6-2-3-8-20(17)24)22(27)25-13-5-4-7-19(25)15-9-11-16(23)12-10-15/h2-3,6,8-12,14,19H,4-5,7,13H2,1H3. The van der Waals surface area contributed by atoms with E-state index in [4.69, 9.17) is 0 Å². The number of halogens is 1. The average molecular weight is 364 g/mol. The van der Waals surface area contributed by atoms with Crippen molar-refractivity contribution >= 4 is 16.8 Å². The third-order valence-electron chi connectivity index (χ3n) is 5.34. The number of para-hydroxylation sites is 1. The zero-order chi connectivity index (χ0) is 19.0. The van der Waals surface area contributed by atoms with Crippen LogP contribution in [0.2, 0.25) is 0 Å². The summed E-state index contributed by atoms with van der Waals surface area (Å²) in [6.45, 7) is 0.594. The summed E-state index contributed by atoms with van der Waals surface area (Å²) in [5, 5.41) is 0.543. The molecule has 2 heterocycles. The summed E-state index contributed by atoms with van der Waals surface area (Å²) in [5.41, 5.74) is 1.65. The Labute approximate surface area is 156 Å². The van der Waals surface area contributed by atoms with Crippen LogP contribution in [0.3, 0.4) is 0 Å². The van der Waals surface area contributed by atoms with E-state index in [9.17, 15) is 14.0 Å². The van der Waals surface area contributed by atoms with Crippen LogP contribution in [0.5, 0.6) is 0 Å². The van der Waals surface area contributed by atoms with E-state index in [-0.39, 0.29) is 28.8 Å². The van der Waals surface area contributed by atoms with E-state index in [1.54, 1.807) is 35.4 Å². The molecule has 1 saturated heterocycles. The number of fused-ring (bicyclic) bond motifs is 1. The monoisotopic (exact) mass is 364 g/mol. The Balaban J connectivity index is 1.76. The van der Waals surface area contributed by atoms with Gasteiger partial charge in [0.1, 0.15) is 11.4 Å². The number of likely N-dealkylation sites (tertiary alicyclic amines) is 1. The van der Waals surface area contributed by atoms with E-state index in [2.05, 4.69) is 0 Å². The van der Waals surface area contributed by atoms with E-state index >= 15 is 0 Å². The van der Waals surface area contributed by atoms with Gasteiger partial charge in [0.25, 0.3) is 5.91 Å². The first kappa shape index (κ1) is 17.5. The fourth-order valence-corrected chi connectivity index (χ4v) is 3.95. The maximum Gasteiger partial charge on any atom is 0.259 e. The van der Waals surface area contributed by atoms with Gasteiger partial charge in [0.15, 0.2) is 0 Å². The smallest absolute Gasteiger partial charge is 0.259 e. The Morgan fingerprint density at radius 1 is 1.07 bits per heavy atom. The van der Waals surface area contributed by atoms with Gasteiger partial charge in [-0.25, -0.2) is 4.39 Å². The van der Waals surface area contributed by atoms with Crippen LogP contribution >= 0.6 is 0 Å². The Morgan fingerprint density at radius 3 is 2.59 bits per heavy atom. The highest BCUT2D eigenvalue weighted by atomic mass is 19.1. The molecule has 5 heteroatoms. The predicted molar refractivity (Wildman–Crippen MR) is 103 cm³/mol. The maximum atomic E-state index is 13.3. The molecule has 27 heavy (non-hydrogen) atoms. The van der Waals surface area contributed by atoms with Crippen LogP contribution in [-0.2, 0) is 7.05 Å². The zero-order valence-electron chi connectivity index (χ0n) is 15.2. The number of aromatic nitrogens is 1. The minimum Gasteiger partial charge on any atom is -0.350 e. The fraction of sp³-hybridized carbons (Fsp3) is 0.273. The first-order valence-electron chi connectivity index (χ1n) is 9.21. The first-order chi connectivity index (χ1) is 13.1. The van der Waals surface area contributed by atoms with Gasteiger partial charge in [0.2, 0.25) is 5.43 Å². The second kappa shape index (κ2) is 6.99. The van der Waals surface area contributed by atoms with Gasteiger partial charge in [-0.3, -0.25) is 9.59 Å². The Kier molecular flexibility index (Phi) is 4.52. The molecule has 1 aliphatic heterocycles. The summed E-state index contributed by atoms with van der Waals surface area (Å²) < 4.78 is 15.1. The van der Waals surface area contributed by atoms with Crippen LogP contribution in [0, 0.1) is 5.82 Å². The molecule has 3 aromatic rings. The number of piperidine rings is 1. The summed E-state index contributed by atoms with van der Waals surface area (Å²) in [4.78, 5) is 28.0. The molecule has 1 aromatic heterocycles. The van der Waals surface area contributed by atoms with Gasteiger partial charge in [-0.2, -0.15) is 0 Å². The molecule has 2 aromatic carbocycles. The molecule has 1 amide bonds. The van der Waals surface area contributed by atoms with Gasteiger partial charge in [0.05, 0.1) is 11.6 Å². The van der Waals surface area contributed by atoms with Crippen LogP contribution < -0.4 is 5.43 Å². The molecule has 0 aliphatic carbocycles. The Hall–Kier alpha value is -2.95. The highest BCUT2D eigenvalue weighted by Gasteiger charge is 2.30. The van der Waals surface area contributed by atoms with Gasteiger partial charge < -0.3 is 9.47 Å². The predicted octanol–water partition coefficient (Wildman–Crippen LogP) is 4.05. The zero-order valence-corrected chi connectivity index (χ0v) is 15.2. The lowest BCUT2D eigenvalue weighted by molar-refractivity contribution is 0.0609. The summed E-state index contributed by atoms with van der Waals surface area (Å²) >= 11 is 0. The number of aryl methyl sites for hydroxylation is 1. The van der Waals surface area contributed by atoms with E-state index in [1.807, 2.05) is 23.7 Å². The molecule has 1 unspecified atom stereocenters. The summed E-state index contributed by atoms with van der Waals surface area (Å²) in [7, 11) is 1.84. The molecular formula is C22H21FN2O2. The molecule has 4 rings (SSSR count). The molecule has 0 bridgehead atoms. The minimum atomic E-state index is -0.296.